The molecule has 2 N–H and O–H groups in total. The first-order chi connectivity index (χ1) is 13.1. The van der Waals surface area contributed by atoms with Crippen LogP contribution in [0.4, 0.5) is 5.69 Å². The monoisotopic (exact) mass is 373 g/mol. The Labute approximate surface area is 161 Å². The van der Waals surface area contributed by atoms with Crippen LogP contribution in [0.2, 0.25) is 0 Å². The Kier molecular flexibility index (Phi) is 6.63. The molecule has 1 saturated heterocycles. The Morgan fingerprint density at radius 2 is 2.11 bits per heavy atom. The highest BCUT2D eigenvalue weighted by molar-refractivity contribution is 5.93. The number of carbonyl (C=O) groups is 1. The van der Waals surface area contributed by atoms with E-state index in [0.29, 0.717) is 36.6 Å². The molecule has 0 aromatic carbocycles. The van der Waals surface area contributed by atoms with Gasteiger partial charge in [-0.15, -0.1) is 0 Å². The molecule has 0 radical (unpaired) electrons. The third-order valence-corrected chi connectivity index (χ3v) is 5.08. The average molecular weight is 374 g/mol. The summed E-state index contributed by atoms with van der Waals surface area (Å²) in [5.74, 6) is 1.39. The van der Waals surface area contributed by atoms with Crippen molar-refractivity contribution < 1.29 is 9.53 Å². The summed E-state index contributed by atoms with van der Waals surface area (Å²) >= 11 is 0. The highest BCUT2D eigenvalue weighted by Crippen LogP contribution is 2.33. The number of aromatic nitrogens is 1. The SMILES string of the molecule is CC(C)C[C@@H](CN=N)NC(=O)c1ccc(N2CCCC2)c(OCC2CC2)n1. The maximum atomic E-state index is 12.7. The van der Waals surface area contributed by atoms with E-state index in [1.165, 1.54) is 25.7 Å². The summed E-state index contributed by atoms with van der Waals surface area (Å²) in [6, 6.07) is 3.59. The van der Waals surface area contributed by atoms with E-state index in [2.05, 4.69) is 34.2 Å². The van der Waals surface area contributed by atoms with Gasteiger partial charge in [0.2, 0.25) is 5.88 Å². The van der Waals surface area contributed by atoms with E-state index < -0.39 is 0 Å². The topological polar surface area (TPSA) is 90.7 Å². The second kappa shape index (κ2) is 9.15. The lowest BCUT2D eigenvalue weighted by molar-refractivity contribution is 0.0927. The van der Waals surface area contributed by atoms with Crippen LogP contribution in [0.25, 0.3) is 0 Å². The van der Waals surface area contributed by atoms with Gasteiger partial charge in [0.25, 0.3) is 5.91 Å². The van der Waals surface area contributed by atoms with Crippen molar-refractivity contribution in [2.45, 2.75) is 52.0 Å². The van der Waals surface area contributed by atoms with Gasteiger partial charge < -0.3 is 15.0 Å². The first-order valence-corrected chi connectivity index (χ1v) is 10.1. The quantitative estimate of drug-likeness (QED) is 0.613. The molecule has 1 saturated carbocycles. The maximum Gasteiger partial charge on any atom is 0.270 e. The zero-order valence-corrected chi connectivity index (χ0v) is 16.4. The molecule has 148 valence electrons. The second-order valence-electron chi connectivity index (χ2n) is 8.11. The summed E-state index contributed by atoms with van der Waals surface area (Å²) in [6.45, 7) is 7.17. The number of rotatable bonds is 10. The normalized spacial score (nSPS) is 17.8. The van der Waals surface area contributed by atoms with Crippen LogP contribution in [0.3, 0.4) is 0 Å². The Bertz CT molecular complexity index is 654. The predicted octanol–water partition coefficient (Wildman–Crippen LogP) is 3.65. The van der Waals surface area contributed by atoms with Crippen LogP contribution in [0.15, 0.2) is 17.2 Å². The van der Waals surface area contributed by atoms with Gasteiger partial charge in [0.15, 0.2) is 0 Å². The Balaban J connectivity index is 1.73. The predicted molar refractivity (Wildman–Crippen MR) is 105 cm³/mol. The van der Waals surface area contributed by atoms with Gasteiger partial charge in [0, 0.05) is 13.1 Å². The molecule has 27 heavy (non-hydrogen) atoms. The third kappa shape index (κ3) is 5.65. The highest BCUT2D eigenvalue weighted by atomic mass is 16.5. The van der Waals surface area contributed by atoms with Crippen molar-refractivity contribution >= 4 is 11.6 Å². The van der Waals surface area contributed by atoms with Crippen LogP contribution in [0.1, 0.15) is 56.4 Å². The zero-order valence-electron chi connectivity index (χ0n) is 16.4. The van der Waals surface area contributed by atoms with E-state index in [9.17, 15) is 4.79 Å². The van der Waals surface area contributed by atoms with Crippen molar-refractivity contribution in [3.05, 3.63) is 17.8 Å². The van der Waals surface area contributed by atoms with Crippen molar-refractivity contribution in [1.29, 1.82) is 5.53 Å². The molecule has 2 fully saturated rings. The van der Waals surface area contributed by atoms with Gasteiger partial charge in [0.05, 0.1) is 24.9 Å². The Morgan fingerprint density at radius 3 is 2.74 bits per heavy atom. The number of hydrogen-bond acceptors (Lipinski definition) is 6. The smallest absolute Gasteiger partial charge is 0.270 e. The third-order valence-electron chi connectivity index (χ3n) is 5.08. The van der Waals surface area contributed by atoms with Gasteiger partial charge in [-0.05, 0) is 56.1 Å². The molecule has 0 unspecified atom stereocenters. The summed E-state index contributed by atoms with van der Waals surface area (Å²) in [7, 11) is 0. The van der Waals surface area contributed by atoms with Crippen LogP contribution in [-0.4, -0.2) is 43.2 Å². The van der Waals surface area contributed by atoms with E-state index >= 15 is 0 Å². The van der Waals surface area contributed by atoms with E-state index in [1.807, 2.05) is 6.07 Å². The van der Waals surface area contributed by atoms with Crippen LogP contribution < -0.4 is 15.0 Å². The molecule has 1 aliphatic heterocycles. The molecule has 7 heteroatoms. The van der Waals surface area contributed by atoms with Crippen molar-refractivity contribution in [3.63, 3.8) is 0 Å². The molecule has 1 atom stereocenters. The van der Waals surface area contributed by atoms with Crippen molar-refractivity contribution in [3.8, 4) is 5.88 Å². The number of anilines is 1. The number of pyridine rings is 1. The minimum atomic E-state index is -0.228. The van der Waals surface area contributed by atoms with Crippen LogP contribution in [0, 0.1) is 17.4 Å². The van der Waals surface area contributed by atoms with Crippen LogP contribution in [0.5, 0.6) is 5.88 Å². The lowest BCUT2D eigenvalue weighted by Crippen LogP contribution is -2.38. The molecule has 3 rings (SSSR count). The molecule has 1 aromatic rings. The van der Waals surface area contributed by atoms with Gasteiger partial charge in [-0.1, -0.05) is 13.8 Å². The lowest BCUT2D eigenvalue weighted by atomic mass is 10.0. The van der Waals surface area contributed by atoms with Crippen LogP contribution >= 0.6 is 0 Å². The van der Waals surface area contributed by atoms with E-state index in [1.54, 1.807) is 6.07 Å². The number of carbonyl (C=O) groups excluding carboxylic acids is 1. The van der Waals surface area contributed by atoms with Gasteiger partial charge in [0.1, 0.15) is 5.69 Å². The van der Waals surface area contributed by atoms with Crippen molar-refractivity contribution in [2.75, 3.05) is 31.1 Å². The average Bonchev–Trinajstić information content (AvgIpc) is 3.31. The molecule has 7 nitrogen and oxygen atoms in total. The largest absolute Gasteiger partial charge is 0.476 e. The Hall–Kier alpha value is -2.18. The second-order valence-corrected chi connectivity index (χ2v) is 8.11. The summed E-state index contributed by atoms with van der Waals surface area (Å²) in [6.07, 6.45) is 5.57. The molecule has 1 amide bonds. The summed E-state index contributed by atoms with van der Waals surface area (Å²) in [4.78, 5) is 19.5. The van der Waals surface area contributed by atoms with E-state index in [0.717, 1.165) is 25.2 Å². The maximum absolute atomic E-state index is 12.7. The number of amides is 1. The van der Waals surface area contributed by atoms with Gasteiger partial charge in [-0.2, -0.15) is 5.11 Å². The molecule has 1 aromatic heterocycles. The molecule has 1 aliphatic carbocycles. The number of nitrogens with zero attached hydrogens (tertiary/aromatic N) is 3. The molecular weight excluding hydrogens is 342 g/mol. The zero-order chi connectivity index (χ0) is 19.2. The highest BCUT2D eigenvalue weighted by Gasteiger charge is 2.25. The van der Waals surface area contributed by atoms with E-state index in [4.69, 9.17) is 10.3 Å². The first-order valence-electron chi connectivity index (χ1n) is 10.1. The van der Waals surface area contributed by atoms with Gasteiger partial charge in [-0.25, -0.2) is 10.5 Å². The number of nitrogens with one attached hydrogen (secondary N) is 2. The molecular formula is C20H31N5O2. The standard InChI is InChI=1S/C20H31N5O2/c1-14(2)11-16(12-22-21)23-19(26)17-7-8-18(25-9-3-4-10-25)20(24-17)27-13-15-5-6-15/h7-8,14-16,21H,3-6,9-13H2,1-2H3,(H,23,26)/t16-/m0/s1. The Morgan fingerprint density at radius 1 is 1.37 bits per heavy atom. The van der Waals surface area contributed by atoms with Gasteiger partial charge in [-0.3, -0.25) is 4.79 Å². The number of ether oxygens (including phenoxy) is 1. The fourth-order valence-corrected chi connectivity index (χ4v) is 3.46. The summed E-state index contributed by atoms with van der Waals surface area (Å²) in [5, 5.41) is 6.43. The lowest BCUT2D eigenvalue weighted by Gasteiger charge is -2.22. The van der Waals surface area contributed by atoms with Crippen molar-refractivity contribution in [2.24, 2.45) is 17.0 Å². The van der Waals surface area contributed by atoms with Crippen LogP contribution in [-0.2, 0) is 0 Å². The number of hydrogen-bond donors (Lipinski definition) is 2. The summed E-state index contributed by atoms with van der Waals surface area (Å²) < 4.78 is 6.00. The molecule has 2 heterocycles. The fourth-order valence-electron chi connectivity index (χ4n) is 3.46. The minimum Gasteiger partial charge on any atom is -0.476 e. The molecule has 0 spiro atoms. The first kappa shape index (κ1) is 19.6. The van der Waals surface area contributed by atoms with Crippen molar-refractivity contribution in [1.82, 2.24) is 10.3 Å². The molecule has 0 bridgehead atoms. The minimum absolute atomic E-state index is 0.147. The summed E-state index contributed by atoms with van der Waals surface area (Å²) in [5.41, 5.74) is 8.47. The fraction of sp³-hybridized carbons (Fsp3) is 0.700. The van der Waals surface area contributed by atoms with Gasteiger partial charge >= 0.3 is 0 Å². The van der Waals surface area contributed by atoms with E-state index in [-0.39, 0.29) is 11.9 Å². The molecule has 2 aliphatic rings.